The number of carbonyl (C=O) groups excluding carboxylic acids is 1. The van der Waals surface area contributed by atoms with Crippen molar-refractivity contribution in [3.8, 4) is 11.3 Å². The molecule has 1 fully saturated rings. The molecule has 1 saturated heterocycles. The summed E-state index contributed by atoms with van der Waals surface area (Å²) in [5.74, 6) is 0.438. The molecule has 0 spiro atoms. The number of nitrogens with zero attached hydrogens (tertiary/aromatic N) is 5. The highest BCUT2D eigenvalue weighted by Crippen LogP contribution is 2.37. The fourth-order valence-electron chi connectivity index (χ4n) is 5.04. The fraction of sp³-hybridized carbons (Fsp3) is 0.400. The molecule has 3 aliphatic rings. The first-order chi connectivity index (χ1) is 17.5. The average Bonchev–Trinajstić information content (AvgIpc) is 3.19. The number of fused-ring (bicyclic) bond motifs is 7. The molecule has 7 rings (SSSR count). The summed E-state index contributed by atoms with van der Waals surface area (Å²) in [6, 6.07) is 1.98. The van der Waals surface area contributed by atoms with E-state index in [-0.39, 0.29) is 24.4 Å². The molecule has 0 unspecified atom stereocenters. The van der Waals surface area contributed by atoms with Gasteiger partial charge >= 0.3 is 6.16 Å². The summed E-state index contributed by atoms with van der Waals surface area (Å²) < 4.78 is 32.9. The lowest BCUT2D eigenvalue weighted by Crippen LogP contribution is -2.36. The van der Waals surface area contributed by atoms with Crippen LogP contribution in [0.2, 0.25) is 0 Å². The van der Waals surface area contributed by atoms with Gasteiger partial charge in [-0.3, -0.25) is 10.1 Å². The number of benzene rings is 1. The van der Waals surface area contributed by atoms with Crippen LogP contribution in [-0.2, 0) is 20.6 Å². The van der Waals surface area contributed by atoms with E-state index >= 15 is 4.39 Å². The Balaban J connectivity index is 1.61. The maximum absolute atomic E-state index is 16.3. The SMILES string of the molecule is Cc1nc2c3cnc(c(F)c3n1)-c1c(c(C)cc3[nH]ncc13)CCCOC(=O)O[C@@H]1COCCN2C1. The van der Waals surface area contributed by atoms with E-state index in [0.29, 0.717) is 55.1 Å². The van der Waals surface area contributed by atoms with Gasteiger partial charge in [0.2, 0.25) is 0 Å². The number of aromatic nitrogens is 5. The van der Waals surface area contributed by atoms with Crippen molar-refractivity contribution in [3.05, 3.63) is 41.2 Å². The van der Waals surface area contributed by atoms with Gasteiger partial charge in [0.1, 0.15) is 29.0 Å². The zero-order valence-corrected chi connectivity index (χ0v) is 20.0. The molecular weight excluding hydrogens is 467 g/mol. The maximum Gasteiger partial charge on any atom is 0.508 e. The van der Waals surface area contributed by atoms with Crippen LogP contribution in [0.25, 0.3) is 33.1 Å². The average molecular weight is 493 g/mol. The third-order valence-corrected chi connectivity index (χ3v) is 6.68. The second-order valence-electron chi connectivity index (χ2n) is 9.12. The largest absolute Gasteiger partial charge is 0.508 e. The summed E-state index contributed by atoms with van der Waals surface area (Å²) in [4.78, 5) is 28.0. The van der Waals surface area contributed by atoms with E-state index in [0.717, 1.165) is 22.0 Å². The molecule has 11 heteroatoms. The van der Waals surface area contributed by atoms with E-state index in [4.69, 9.17) is 14.2 Å². The van der Waals surface area contributed by atoms with Crippen LogP contribution in [0.15, 0.2) is 18.5 Å². The van der Waals surface area contributed by atoms with Crippen molar-refractivity contribution in [2.75, 3.05) is 37.8 Å². The van der Waals surface area contributed by atoms with Gasteiger partial charge in [-0.25, -0.2) is 19.2 Å². The van der Waals surface area contributed by atoms with E-state index in [1.807, 2.05) is 17.9 Å². The number of H-pyrrole nitrogens is 1. The Morgan fingerprint density at radius 2 is 2.06 bits per heavy atom. The Kier molecular flexibility index (Phi) is 5.63. The minimum Gasteiger partial charge on any atom is -0.434 e. The first kappa shape index (κ1) is 22.6. The topological polar surface area (TPSA) is 115 Å². The van der Waals surface area contributed by atoms with Crippen molar-refractivity contribution >= 4 is 33.8 Å². The standard InChI is InChI=1S/C25H25FN6O4/c1-13-8-19-17(10-28-31-19)20-16(13)4-3-6-35-25(33)36-15-11-32(5-7-34-12-15)24-18-9-27-23(20)21(26)22(18)29-14(2)30-24/h8-10,15H,3-7,11-12H2,1-2H3,(H,28,31)/t15-/m0/s1. The Labute approximate surface area is 205 Å². The summed E-state index contributed by atoms with van der Waals surface area (Å²) >= 11 is 0. The predicted octanol–water partition coefficient (Wildman–Crippen LogP) is 3.63. The summed E-state index contributed by atoms with van der Waals surface area (Å²) in [5.41, 5.74) is 3.73. The highest BCUT2D eigenvalue weighted by molar-refractivity contribution is 5.99. The second-order valence-corrected chi connectivity index (χ2v) is 9.12. The lowest BCUT2D eigenvalue weighted by molar-refractivity contribution is -0.00447. The molecule has 4 aromatic rings. The molecule has 186 valence electrons. The van der Waals surface area contributed by atoms with Gasteiger partial charge in [0, 0.05) is 23.7 Å². The van der Waals surface area contributed by atoms with Gasteiger partial charge in [0.15, 0.2) is 5.82 Å². The first-order valence-corrected chi connectivity index (χ1v) is 11.9. The van der Waals surface area contributed by atoms with Crippen molar-refractivity contribution in [1.29, 1.82) is 0 Å². The van der Waals surface area contributed by atoms with Crippen LogP contribution in [-0.4, -0.2) is 70.3 Å². The Bertz CT molecular complexity index is 1490. The van der Waals surface area contributed by atoms with E-state index in [1.54, 1.807) is 19.3 Å². The second kappa shape index (κ2) is 8.98. The molecule has 6 heterocycles. The molecule has 1 atom stereocenters. The number of pyridine rings is 1. The molecule has 1 N–H and O–H groups in total. The van der Waals surface area contributed by atoms with Gasteiger partial charge in [0.25, 0.3) is 0 Å². The van der Waals surface area contributed by atoms with Crippen molar-refractivity contribution < 1.29 is 23.4 Å². The number of halogens is 1. The minimum atomic E-state index is -0.736. The van der Waals surface area contributed by atoms with Gasteiger partial charge < -0.3 is 19.1 Å². The highest BCUT2D eigenvalue weighted by Gasteiger charge is 2.28. The van der Waals surface area contributed by atoms with Crippen molar-refractivity contribution in [3.63, 3.8) is 0 Å². The lowest BCUT2D eigenvalue weighted by atomic mass is 9.92. The Morgan fingerprint density at radius 3 is 2.94 bits per heavy atom. The molecule has 0 amide bonds. The van der Waals surface area contributed by atoms with E-state index < -0.39 is 18.1 Å². The van der Waals surface area contributed by atoms with E-state index in [2.05, 4.69) is 25.1 Å². The smallest absolute Gasteiger partial charge is 0.434 e. The molecule has 6 bridgehead atoms. The van der Waals surface area contributed by atoms with Crippen LogP contribution in [0.5, 0.6) is 0 Å². The summed E-state index contributed by atoms with van der Waals surface area (Å²) in [6.45, 7) is 5.30. The number of hydrogen-bond donors (Lipinski definition) is 1. The minimum absolute atomic E-state index is 0.161. The number of aromatic amines is 1. The van der Waals surface area contributed by atoms with Gasteiger partial charge in [0.05, 0.1) is 43.5 Å². The van der Waals surface area contributed by atoms with E-state index in [9.17, 15) is 4.79 Å². The predicted molar refractivity (Wildman–Crippen MR) is 129 cm³/mol. The molecule has 1 aromatic carbocycles. The summed E-state index contributed by atoms with van der Waals surface area (Å²) in [7, 11) is 0. The third kappa shape index (κ3) is 3.89. The van der Waals surface area contributed by atoms with Crippen LogP contribution >= 0.6 is 0 Å². The van der Waals surface area contributed by atoms with Crippen molar-refractivity contribution in [1.82, 2.24) is 25.1 Å². The van der Waals surface area contributed by atoms with Gasteiger partial charge in [-0.05, 0) is 43.9 Å². The van der Waals surface area contributed by atoms with Crippen LogP contribution < -0.4 is 4.90 Å². The normalized spacial score (nSPS) is 18.8. The third-order valence-electron chi connectivity index (χ3n) is 6.68. The molecule has 36 heavy (non-hydrogen) atoms. The monoisotopic (exact) mass is 492 g/mol. The van der Waals surface area contributed by atoms with Crippen LogP contribution in [0, 0.1) is 19.7 Å². The first-order valence-electron chi connectivity index (χ1n) is 11.9. The summed E-state index contributed by atoms with van der Waals surface area (Å²) in [5, 5.41) is 8.40. The van der Waals surface area contributed by atoms with Crippen LogP contribution in [0.3, 0.4) is 0 Å². The van der Waals surface area contributed by atoms with E-state index in [1.165, 1.54) is 0 Å². The molecule has 0 aliphatic carbocycles. The molecule has 0 saturated carbocycles. The van der Waals surface area contributed by atoms with Gasteiger partial charge in [-0.15, -0.1) is 0 Å². The number of hydrogen-bond acceptors (Lipinski definition) is 9. The van der Waals surface area contributed by atoms with Gasteiger partial charge in [-0.2, -0.15) is 5.10 Å². The number of nitrogens with one attached hydrogen (secondary N) is 1. The molecule has 3 aliphatic heterocycles. The van der Waals surface area contributed by atoms with Gasteiger partial charge in [-0.1, -0.05) is 0 Å². The number of ether oxygens (including phenoxy) is 3. The van der Waals surface area contributed by atoms with Crippen molar-refractivity contribution in [2.45, 2.75) is 32.8 Å². The molecule has 3 aromatic heterocycles. The molecular formula is C25H25FN6O4. The van der Waals surface area contributed by atoms with Crippen molar-refractivity contribution in [2.24, 2.45) is 0 Å². The zero-order valence-electron chi connectivity index (χ0n) is 20.0. The Hall–Kier alpha value is -3.86. The zero-order chi connectivity index (χ0) is 24.8. The number of carbonyl (C=O) groups is 1. The fourth-order valence-corrected chi connectivity index (χ4v) is 5.04. The van der Waals surface area contributed by atoms with Crippen LogP contribution in [0.1, 0.15) is 23.4 Å². The highest BCUT2D eigenvalue weighted by atomic mass is 19.1. The number of rotatable bonds is 0. The molecule has 0 radical (unpaired) electrons. The Morgan fingerprint density at radius 1 is 1.17 bits per heavy atom. The maximum atomic E-state index is 16.3. The van der Waals surface area contributed by atoms with Crippen LogP contribution in [0.4, 0.5) is 15.0 Å². The molecule has 10 nitrogen and oxygen atoms in total. The lowest BCUT2D eigenvalue weighted by Gasteiger charge is -2.26. The summed E-state index contributed by atoms with van der Waals surface area (Å²) in [6.07, 6.45) is 3.08. The quantitative estimate of drug-likeness (QED) is 0.367. The number of anilines is 1. The number of aryl methyl sites for hydroxylation is 2.